The number of carbonyl (C=O) groups excluding carboxylic acids is 1. The van der Waals surface area contributed by atoms with Crippen molar-refractivity contribution in [1.29, 1.82) is 0 Å². The maximum Gasteiger partial charge on any atom is 0.334 e. The van der Waals surface area contributed by atoms with Crippen LogP contribution < -0.4 is 4.90 Å². The lowest BCUT2D eigenvalue weighted by molar-refractivity contribution is -0.384. The number of hydrogen-bond donors (Lipinski definition) is 0. The van der Waals surface area contributed by atoms with Gasteiger partial charge in [0, 0.05) is 26.1 Å². The predicted octanol–water partition coefficient (Wildman–Crippen LogP) is 2.09. The second-order valence-electron chi connectivity index (χ2n) is 5.65. The Bertz CT molecular complexity index is 553. The molecule has 0 radical (unpaired) electrons. The zero-order chi connectivity index (χ0) is 15.6. The number of nitrogens with zero attached hydrogens (tertiary/aromatic N) is 4. The SMILES string of the molecule is CCCc1nn(C)c(N2CCCC(C(C)=O)C2)c1[N+](=O)[O-]. The molecule has 7 heteroatoms. The number of aryl methyl sites for hydroxylation is 2. The lowest BCUT2D eigenvalue weighted by Gasteiger charge is -2.32. The summed E-state index contributed by atoms with van der Waals surface area (Å²) in [6, 6.07) is 0. The van der Waals surface area contributed by atoms with E-state index in [1.54, 1.807) is 18.7 Å². The van der Waals surface area contributed by atoms with Crippen LogP contribution in [0.3, 0.4) is 0 Å². The Morgan fingerprint density at radius 3 is 2.81 bits per heavy atom. The minimum Gasteiger partial charge on any atom is -0.350 e. The number of aromatic nitrogens is 2. The van der Waals surface area contributed by atoms with Crippen molar-refractivity contribution in [2.45, 2.75) is 39.5 Å². The summed E-state index contributed by atoms with van der Waals surface area (Å²) in [7, 11) is 1.73. The average Bonchev–Trinajstić information content (AvgIpc) is 2.76. The molecule has 116 valence electrons. The van der Waals surface area contributed by atoms with Crippen molar-refractivity contribution < 1.29 is 9.72 Å². The molecule has 0 aliphatic carbocycles. The van der Waals surface area contributed by atoms with Gasteiger partial charge in [-0.05, 0) is 26.2 Å². The van der Waals surface area contributed by atoms with E-state index < -0.39 is 0 Å². The van der Waals surface area contributed by atoms with Crippen LogP contribution in [0.1, 0.15) is 38.8 Å². The Labute approximate surface area is 124 Å². The molecule has 1 aliphatic rings. The smallest absolute Gasteiger partial charge is 0.334 e. The summed E-state index contributed by atoms with van der Waals surface area (Å²) in [4.78, 5) is 24.7. The van der Waals surface area contributed by atoms with E-state index in [9.17, 15) is 14.9 Å². The fourth-order valence-corrected chi connectivity index (χ4v) is 3.01. The number of carbonyl (C=O) groups is 1. The van der Waals surface area contributed by atoms with E-state index in [-0.39, 0.29) is 22.3 Å². The monoisotopic (exact) mass is 294 g/mol. The van der Waals surface area contributed by atoms with E-state index in [4.69, 9.17) is 0 Å². The first-order chi connectivity index (χ1) is 9.95. The third-order valence-electron chi connectivity index (χ3n) is 4.03. The summed E-state index contributed by atoms with van der Waals surface area (Å²) in [6.07, 6.45) is 3.14. The normalized spacial score (nSPS) is 18.8. The molecule has 1 fully saturated rings. The average molecular weight is 294 g/mol. The Balaban J connectivity index is 2.38. The van der Waals surface area contributed by atoms with E-state index in [0.29, 0.717) is 24.5 Å². The highest BCUT2D eigenvalue weighted by molar-refractivity contribution is 5.79. The minimum absolute atomic E-state index is 0.0390. The number of anilines is 1. The first-order valence-electron chi connectivity index (χ1n) is 7.41. The van der Waals surface area contributed by atoms with Gasteiger partial charge in [-0.15, -0.1) is 0 Å². The van der Waals surface area contributed by atoms with Crippen LogP contribution in [0.25, 0.3) is 0 Å². The Morgan fingerprint density at radius 2 is 2.24 bits per heavy atom. The fraction of sp³-hybridized carbons (Fsp3) is 0.714. The third-order valence-corrected chi connectivity index (χ3v) is 4.03. The molecule has 1 aromatic rings. The molecule has 1 saturated heterocycles. The molecule has 0 spiro atoms. The fourth-order valence-electron chi connectivity index (χ4n) is 3.01. The lowest BCUT2D eigenvalue weighted by Crippen LogP contribution is -2.39. The van der Waals surface area contributed by atoms with Crippen LogP contribution in [-0.2, 0) is 18.3 Å². The molecular formula is C14H22N4O3. The maximum atomic E-state index is 11.6. The highest BCUT2D eigenvalue weighted by Crippen LogP contribution is 2.34. The van der Waals surface area contributed by atoms with Gasteiger partial charge < -0.3 is 4.90 Å². The second kappa shape index (κ2) is 6.24. The molecule has 0 bridgehead atoms. The topological polar surface area (TPSA) is 81.3 Å². The van der Waals surface area contributed by atoms with Crippen LogP contribution in [0.15, 0.2) is 0 Å². The molecule has 1 aliphatic heterocycles. The number of rotatable bonds is 5. The molecule has 1 aromatic heterocycles. The molecule has 1 atom stereocenters. The van der Waals surface area contributed by atoms with Gasteiger partial charge in [0.15, 0.2) is 0 Å². The standard InChI is InChI=1S/C14H22N4O3/c1-4-6-12-13(18(20)21)14(16(3)15-12)17-8-5-7-11(9-17)10(2)19/h11H,4-9H2,1-3H3. The molecule has 2 heterocycles. The first kappa shape index (κ1) is 15.5. The van der Waals surface area contributed by atoms with E-state index in [1.807, 2.05) is 11.8 Å². The van der Waals surface area contributed by atoms with Crippen LogP contribution in [0, 0.1) is 16.0 Å². The molecule has 7 nitrogen and oxygen atoms in total. The van der Waals surface area contributed by atoms with Gasteiger partial charge in [-0.3, -0.25) is 14.9 Å². The van der Waals surface area contributed by atoms with Crippen molar-refractivity contribution in [3.05, 3.63) is 15.8 Å². The highest BCUT2D eigenvalue weighted by atomic mass is 16.6. The molecule has 0 amide bonds. The van der Waals surface area contributed by atoms with Gasteiger partial charge in [-0.1, -0.05) is 13.3 Å². The van der Waals surface area contributed by atoms with Gasteiger partial charge in [0.05, 0.1) is 4.92 Å². The highest BCUT2D eigenvalue weighted by Gasteiger charge is 2.33. The molecular weight excluding hydrogens is 272 g/mol. The van der Waals surface area contributed by atoms with Gasteiger partial charge in [-0.25, -0.2) is 4.68 Å². The van der Waals surface area contributed by atoms with Crippen molar-refractivity contribution in [1.82, 2.24) is 9.78 Å². The van der Waals surface area contributed by atoms with Crippen LogP contribution in [0.2, 0.25) is 0 Å². The number of nitro groups is 1. The summed E-state index contributed by atoms with van der Waals surface area (Å²) in [6.45, 7) is 4.84. The van der Waals surface area contributed by atoms with E-state index in [0.717, 1.165) is 25.8 Å². The van der Waals surface area contributed by atoms with Gasteiger partial charge in [0.25, 0.3) is 0 Å². The van der Waals surface area contributed by atoms with Gasteiger partial charge in [0.2, 0.25) is 5.82 Å². The van der Waals surface area contributed by atoms with Crippen molar-refractivity contribution in [2.75, 3.05) is 18.0 Å². The summed E-state index contributed by atoms with van der Waals surface area (Å²) in [5, 5.41) is 15.8. The molecule has 21 heavy (non-hydrogen) atoms. The maximum absolute atomic E-state index is 11.6. The number of ketones is 1. The minimum atomic E-state index is -0.343. The zero-order valence-electron chi connectivity index (χ0n) is 12.8. The summed E-state index contributed by atoms with van der Waals surface area (Å²) in [5.41, 5.74) is 0.633. The van der Waals surface area contributed by atoms with Crippen LogP contribution in [0.5, 0.6) is 0 Å². The Kier molecular flexibility index (Phi) is 4.59. The molecule has 0 saturated carbocycles. The quantitative estimate of drug-likeness (QED) is 0.613. The lowest BCUT2D eigenvalue weighted by atomic mass is 9.94. The largest absolute Gasteiger partial charge is 0.350 e. The molecule has 0 N–H and O–H groups in total. The number of hydrogen-bond acceptors (Lipinski definition) is 5. The molecule has 0 aromatic carbocycles. The second-order valence-corrected chi connectivity index (χ2v) is 5.65. The van der Waals surface area contributed by atoms with Crippen molar-refractivity contribution in [3.8, 4) is 0 Å². The third kappa shape index (κ3) is 3.06. The summed E-state index contributed by atoms with van der Waals surface area (Å²) < 4.78 is 1.59. The molecule has 2 rings (SSSR count). The van der Waals surface area contributed by atoms with Gasteiger partial charge in [0.1, 0.15) is 11.5 Å². The van der Waals surface area contributed by atoms with Crippen LogP contribution >= 0.6 is 0 Å². The number of piperidine rings is 1. The van der Waals surface area contributed by atoms with Crippen molar-refractivity contribution >= 4 is 17.3 Å². The van der Waals surface area contributed by atoms with Gasteiger partial charge >= 0.3 is 5.69 Å². The Hall–Kier alpha value is -1.92. The van der Waals surface area contributed by atoms with E-state index in [1.165, 1.54) is 0 Å². The summed E-state index contributed by atoms with van der Waals surface area (Å²) >= 11 is 0. The van der Waals surface area contributed by atoms with Crippen molar-refractivity contribution in [3.63, 3.8) is 0 Å². The van der Waals surface area contributed by atoms with Crippen LogP contribution in [-0.4, -0.2) is 33.6 Å². The predicted molar refractivity (Wildman–Crippen MR) is 79.5 cm³/mol. The first-order valence-corrected chi connectivity index (χ1v) is 7.41. The summed E-state index contributed by atoms with van der Waals surface area (Å²) in [5.74, 6) is 0.649. The van der Waals surface area contributed by atoms with E-state index in [2.05, 4.69) is 5.10 Å². The van der Waals surface area contributed by atoms with Gasteiger partial charge in [-0.2, -0.15) is 5.10 Å². The number of Topliss-reactive ketones (excluding diaryl/α,β-unsaturated/α-hetero) is 1. The van der Waals surface area contributed by atoms with E-state index >= 15 is 0 Å². The van der Waals surface area contributed by atoms with Crippen LogP contribution in [0.4, 0.5) is 11.5 Å². The Morgan fingerprint density at radius 1 is 1.52 bits per heavy atom. The zero-order valence-corrected chi connectivity index (χ0v) is 12.8. The molecule has 1 unspecified atom stereocenters. The van der Waals surface area contributed by atoms with Crippen molar-refractivity contribution in [2.24, 2.45) is 13.0 Å².